The molecule has 2 N–H and O–H groups in total. The second kappa shape index (κ2) is 3.33. The summed E-state index contributed by atoms with van der Waals surface area (Å²) < 4.78 is 0. The number of benzene rings is 1. The van der Waals surface area contributed by atoms with Gasteiger partial charge in [0.05, 0.1) is 0 Å². The average molecular weight is 230 g/mol. The second-order valence-electron chi connectivity index (χ2n) is 5.55. The maximum absolute atomic E-state index is 12.2. The minimum atomic E-state index is -0.152. The third kappa shape index (κ3) is 1.57. The predicted octanol–water partition coefficient (Wildman–Crippen LogP) is 2.00. The largest absolute Gasteiger partial charge is 0.332 e. The van der Waals surface area contributed by atoms with Crippen molar-refractivity contribution >= 4 is 5.91 Å². The van der Waals surface area contributed by atoms with Crippen molar-refractivity contribution in [2.24, 2.45) is 5.73 Å². The van der Waals surface area contributed by atoms with Gasteiger partial charge in [-0.15, -0.1) is 0 Å². The molecule has 1 aromatic carbocycles. The first-order chi connectivity index (χ1) is 8.01. The molecule has 3 rings (SSSR count). The molecule has 1 amide bonds. The zero-order chi connectivity index (χ0) is 12.2. The number of hydrogen-bond donors (Lipinski definition) is 1. The third-order valence-corrected chi connectivity index (χ3v) is 3.93. The molecule has 0 bridgehead atoms. The smallest absolute Gasteiger partial charge is 0.254 e. The van der Waals surface area contributed by atoms with Crippen molar-refractivity contribution in [2.75, 3.05) is 0 Å². The summed E-state index contributed by atoms with van der Waals surface area (Å²) in [5, 5.41) is 0. The van der Waals surface area contributed by atoms with Gasteiger partial charge in [-0.05, 0) is 43.9 Å². The first-order valence-electron chi connectivity index (χ1n) is 6.24. The van der Waals surface area contributed by atoms with E-state index in [1.807, 2.05) is 11.0 Å². The summed E-state index contributed by atoms with van der Waals surface area (Å²) in [5.41, 5.74) is 9.14. The maximum atomic E-state index is 12.2. The van der Waals surface area contributed by atoms with Crippen LogP contribution in [0.2, 0.25) is 0 Å². The van der Waals surface area contributed by atoms with Crippen molar-refractivity contribution in [3.05, 3.63) is 34.9 Å². The van der Waals surface area contributed by atoms with Crippen LogP contribution in [0.1, 0.15) is 48.2 Å². The molecule has 0 unspecified atom stereocenters. The summed E-state index contributed by atoms with van der Waals surface area (Å²) in [4.78, 5) is 14.1. The van der Waals surface area contributed by atoms with Gasteiger partial charge in [0.2, 0.25) is 0 Å². The van der Waals surface area contributed by atoms with Gasteiger partial charge >= 0.3 is 0 Å². The average Bonchev–Trinajstić information content (AvgIpc) is 2.95. The minimum Gasteiger partial charge on any atom is -0.332 e. The summed E-state index contributed by atoms with van der Waals surface area (Å²) in [7, 11) is 0. The highest BCUT2D eigenvalue weighted by atomic mass is 16.2. The number of carbonyl (C=O) groups excluding carboxylic acids is 1. The van der Waals surface area contributed by atoms with Crippen LogP contribution in [-0.4, -0.2) is 16.8 Å². The molecule has 0 radical (unpaired) electrons. The molecule has 1 aromatic rings. The number of carbonyl (C=O) groups is 1. The molecule has 1 heterocycles. The quantitative estimate of drug-likeness (QED) is 0.844. The number of rotatable bonds is 2. The Hall–Kier alpha value is -1.35. The monoisotopic (exact) mass is 230 g/mol. The van der Waals surface area contributed by atoms with Crippen molar-refractivity contribution in [1.82, 2.24) is 4.90 Å². The Labute approximate surface area is 102 Å². The van der Waals surface area contributed by atoms with Crippen molar-refractivity contribution < 1.29 is 4.79 Å². The Morgan fingerprint density at radius 1 is 1.35 bits per heavy atom. The molecule has 3 nitrogen and oxygen atoms in total. The topological polar surface area (TPSA) is 46.3 Å². The lowest BCUT2D eigenvalue weighted by molar-refractivity contribution is 0.0730. The Balaban J connectivity index is 1.99. The van der Waals surface area contributed by atoms with Gasteiger partial charge in [-0.25, -0.2) is 0 Å². The number of amides is 1. The fourth-order valence-corrected chi connectivity index (χ4v) is 2.47. The Morgan fingerprint density at radius 2 is 2.06 bits per heavy atom. The number of fused-ring (bicyclic) bond motifs is 1. The van der Waals surface area contributed by atoms with Gasteiger partial charge in [0.15, 0.2) is 0 Å². The Bertz CT molecular complexity index is 489. The number of hydrogen-bond acceptors (Lipinski definition) is 2. The number of nitrogens with two attached hydrogens (primary N) is 1. The van der Waals surface area contributed by atoms with Gasteiger partial charge < -0.3 is 10.6 Å². The van der Waals surface area contributed by atoms with Gasteiger partial charge in [0.25, 0.3) is 5.91 Å². The minimum absolute atomic E-state index is 0.152. The van der Waals surface area contributed by atoms with Gasteiger partial charge in [-0.1, -0.05) is 12.1 Å². The molecular formula is C14H18N2O. The summed E-state index contributed by atoms with van der Waals surface area (Å²) in [5.74, 6) is 0.154. The van der Waals surface area contributed by atoms with Crippen LogP contribution in [0.15, 0.2) is 18.2 Å². The van der Waals surface area contributed by atoms with E-state index in [0.29, 0.717) is 0 Å². The van der Waals surface area contributed by atoms with Crippen molar-refractivity contribution in [2.45, 2.75) is 44.8 Å². The van der Waals surface area contributed by atoms with E-state index in [-0.39, 0.29) is 17.5 Å². The number of nitrogens with zero attached hydrogens (tertiary/aromatic N) is 1. The summed E-state index contributed by atoms with van der Waals surface area (Å²) in [6.45, 7) is 4.84. The lowest BCUT2D eigenvalue weighted by Gasteiger charge is -2.19. The van der Waals surface area contributed by atoms with Crippen molar-refractivity contribution in [3.8, 4) is 0 Å². The second-order valence-corrected chi connectivity index (χ2v) is 5.55. The molecule has 17 heavy (non-hydrogen) atoms. The van der Waals surface area contributed by atoms with Crippen molar-refractivity contribution in [3.63, 3.8) is 0 Å². The lowest BCUT2D eigenvalue weighted by atomic mass is 10.00. The van der Waals surface area contributed by atoms with Crippen LogP contribution in [0.25, 0.3) is 0 Å². The fraction of sp³-hybridized carbons (Fsp3) is 0.500. The van der Waals surface area contributed by atoms with E-state index in [2.05, 4.69) is 26.0 Å². The van der Waals surface area contributed by atoms with Gasteiger partial charge in [0.1, 0.15) is 0 Å². The molecule has 3 heteroatoms. The predicted molar refractivity (Wildman–Crippen MR) is 66.6 cm³/mol. The van der Waals surface area contributed by atoms with Crippen LogP contribution in [0.5, 0.6) is 0 Å². The van der Waals surface area contributed by atoms with E-state index in [1.165, 1.54) is 0 Å². The van der Waals surface area contributed by atoms with Crippen LogP contribution < -0.4 is 5.73 Å². The zero-order valence-corrected chi connectivity index (χ0v) is 10.4. The third-order valence-electron chi connectivity index (χ3n) is 3.93. The van der Waals surface area contributed by atoms with E-state index in [4.69, 9.17) is 5.73 Å². The van der Waals surface area contributed by atoms with Crippen LogP contribution in [0.3, 0.4) is 0 Å². The molecule has 0 aromatic heterocycles. The fourth-order valence-electron chi connectivity index (χ4n) is 2.47. The standard InChI is InChI=1S/C14H18N2O/c1-9(2)16-8-10-3-4-11(14(15)5-6-14)7-12(10)13(16)17/h3-4,7,9H,5-6,8,15H2,1-2H3. The van der Waals surface area contributed by atoms with Crippen LogP contribution in [-0.2, 0) is 12.1 Å². The SMILES string of the molecule is CC(C)N1Cc2ccc(C3(N)CC3)cc2C1=O. The first kappa shape index (κ1) is 10.8. The van der Waals surface area contributed by atoms with E-state index in [9.17, 15) is 4.79 Å². The van der Waals surface area contributed by atoms with Gasteiger partial charge in [-0.2, -0.15) is 0 Å². The normalized spacial score (nSPS) is 20.9. The molecule has 0 atom stereocenters. The molecule has 1 saturated carbocycles. The van der Waals surface area contributed by atoms with Crippen LogP contribution >= 0.6 is 0 Å². The summed E-state index contributed by atoms with van der Waals surface area (Å²) >= 11 is 0. The van der Waals surface area contributed by atoms with E-state index in [1.54, 1.807) is 0 Å². The lowest BCUT2D eigenvalue weighted by Crippen LogP contribution is -2.30. The molecular weight excluding hydrogens is 212 g/mol. The van der Waals surface area contributed by atoms with Gasteiger partial charge in [-0.3, -0.25) is 4.79 Å². The highest BCUT2D eigenvalue weighted by Crippen LogP contribution is 2.43. The maximum Gasteiger partial charge on any atom is 0.254 e. The Morgan fingerprint density at radius 3 is 2.65 bits per heavy atom. The molecule has 1 aliphatic carbocycles. The van der Waals surface area contributed by atoms with Crippen LogP contribution in [0.4, 0.5) is 0 Å². The highest BCUT2D eigenvalue weighted by molar-refractivity contribution is 5.98. The van der Waals surface area contributed by atoms with Gasteiger partial charge in [0, 0.05) is 23.7 Å². The molecule has 0 saturated heterocycles. The highest BCUT2D eigenvalue weighted by Gasteiger charge is 2.41. The van der Waals surface area contributed by atoms with Crippen LogP contribution in [0, 0.1) is 0 Å². The summed E-state index contributed by atoms with van der Waals surface area (Å²) in [6, 6.07) is 6.42. The summed E-state index contributed by atoms with van der Waals surface area (Å²) in [6.07, 6.45) is 2.07. The van der Waals surface area contributed by atoms with Crippen molar-refractivity contribution in [1.29, 1.82) is 0 Å². The Kier molecular flexibility index (Phi) is 2.11. The molecule has 1 fully saturated rings. The zero-order valence-electron chi connectivity index (χ0n) is 10.4. The van der Waals surface area contributed by atoms with E-state index >= 15 is 0 Å². The van der Waals surface area contributed by atoms with E-state index < -0.39 is 0 Å². The molecule has 2 aliphatic rings. The molecule has 1 aliphatic heterocycles. The van der Waals surface area contributed by atoms with E-state index in [0.717, 1.165) is 36.1 Å². The first-order valence-corrected chi connectivity index (χ1v) is 6.24. The molecule has 90 valence electrons. The molecule has 0 spiro atoms.